The summed E-state index contributed by atoms with van der Waals surface area (Å²) >= 11 is 1.29. The summed E-state index contributed by atoms with van der Waals surface area (Å²) in [6.07, 6.45) is 5.91. The third-order valence-corrected chi connectivity index (χ3v) is 6.54. The second-order valence-electron chi connectivity index (χ2n) is 7.59. The van der Waals surface area contributed by atoms with Gasteiger partial charge in [-0.25, -0.2) is 4.39 Å². The normalized spacial score (nSPS) is 22.6. The minimum Gasteiger partial charge on any atom is -0.357 e. The number of aromatic nitrogens is 1. The molecule has 4 rings (SSSR count). The molecule has 0 amide bonds. The number of benzene rings is 1. The first kappa shape index (κ1) is 20.0. The third kappa shape index (κ3) is 4.67. The van der Waals surface area contributed by atoms with E-state index >= 15 is 0 Å². The molecule has 1 aromatic heterocycles. The van der Waals surface area contributed by atoms with Crippen molar-refractivity contribution in [3.63, 3.8) is 0 Å². The predicted molar refractivity (Wildman–Crippen MR) is 110 cm³/mol. The van der Waals surface area contributed by atoms with Crippen LogP contribution in [0, 0.1) is 11.7 Å². The van der Waals surface area contributed by atoms with Gasteiger partial charge in [-0.1, -0.05) is 35.1 Å². The van der Waals surface area contributed by atoms with Gasteiger partial charge >= 0.3 is 0 Å². The van der Waals surface area contributed by atoms with Crippen LogP contribution in [0.15, 0.2) is 46.6 Å². The molecule has 1 saturated heterocycles. The maximum atomic E-state index is 14.6. The van der Waals surface area contributed by atoms with Gasteiger partial charge in [0.05, 0.1) is 12.2 Å². The van der Waals surface area contributed by atoms with Crippen LogP contribution in [0.1, 0.15) is 43.6 Å². The first-order valence-corrected chi connectivity index (χ1v) is 10.7. The third-order valence-electron chi connectivity index (χ3n) is 5.39. The van der Waals surface area contributed by atoms with Gasteiger partial charge in [0.2, 0.25) is 0 Å². The zero-order chi connectivity index (χ0) is 20.4. The Labute approximate surface area is 173 Å². The molecule has 5 nitrogen and oxygen atoms in total. The molecule has 2 aliphatic rings. The summed E-state index contributed by atoms with van der Waals surface area (Å²) in [5.74, 6) is 0.358. The highest BCUT2D eigenvalue weighted by Gasteiger charge is 2.41. The summed E-state index contributed by atoms with van der Waals surface area (Å²) < 4.78 is 19.8. The van der Waals surface area contributed by atoms with Crippen LogP contribution in [0.4, 0.5) is 4.39 Å². The van der Waals surface area contributed by atoms with E-state index in [0.29, 0.717) is 30.8 Å². The molecule has 2 heterocycles. The van der Waals surface area contributed by atoms with E-state index in [1.165, 1.54) is 17.8 Å². The Kier molecular flexibility index (Phi) is 5.96. The Morgan fingerprint density at radius 3 is 2.72 bits per heavy atom. The lowest BCUT2D eigenvalue weighted by atomic mass is 9.93. The van der Waals surface area contributed by atoms with Crippen molar-refractivity contribution in [2.75, 3.05) is 13.1 Å². The fraction of sp³-hybridized carbons (Fsp3) is 0.409. The van der Waals surface area contributed by atoms with E-state index in [4.69, 9.17) is 4.52 Å². The van der Waals surface area contributed by atoms with Gasteiger partial charge in [-0.3, -0.25) is 14.5 Å². The highest BCUT2D eigenvalue weighted by Crippen LogP contribution is 2.40. The summed E-state index contributed by atoms with van der Waals surface area (Å²) in [7, 11) is 0. The van der Waals surface area contributed by atoms with E-state index in [9.17, 15) is 14.0 Å². The van der Waals surface area contributed by atoms with Crippen molar-refractivity contribution >= 4 is 28.7 Å². The average Bonchev–Trinajstić information content (AvgIpc) is 3.42. The van der Waals surface area contributed by atoms with Crippen LogP contribution < -0.4 is 0 Å². The van der Waals surface area contributed by atoms with Gasteiger partial charge in [0.25, 0.3) is 0 Å². The smallest absolute Gasteiger partial charge is 0.186 e. The molecule has 0 N–H and O–H groups in total. The van der Waals surface area contributed by atoms with E-state index in [2.05, 4.69) is 5.16 Å². The second kappa shape index (κ2) is 8.63. The zero-order valence-electron chi connectivity index (χ0n) is 16.2. The number of likely N-dealkylation sites (tertiary alicyclic amines) is 1. The number of halogens is 1. The topological polar surface area (TPSA) is 63.4 Å². The SMILES string of the molecule is CC(=O)SC1CCN(C(C(=O)C2CC2)c2ccccc2F)CC1=Cc1ccno1. The molecule has 2 fully saturated rings. The van der Waals surface area contributed by atoms with E-state index in [-0.39, 0.29) is 27.9 Å². The van der Waals surface area contributed by atoms with Crippen molar-refractivity contribution in [3.8, 4) is 0 Å². The van der Waals surface area contributed by atoms with Crippen LogP contribution in [0.3, 0.4) is 0 Å². The van der Waals surface area contributed by atoms with Gasteiger partial charge in [-0.2, -0.15) is 0 Å². The maximum absolute atomic E-state index is 14.6. The van der Waals surface area contributed by atoms with Crippen molar-refractivity contribution in [2.45, 2.75) is 37.5 Å². The van der Waals surface area contributed by atoms with Gasteiger partial charge in [-0.15, -0.1) is 0 Å². The number of ketones is 1. The Hall–Kier alpha value is -2.25. The highest BCUT2D eigenvalue weighted by molar-refractivity contribution is 8.14. The van der Waals surface area contributed by atoms with Gasteiger partial charge in [0.15, 0.2) is 16.7 Å². The number of hydrogen-bond donors (Lipinski definition) is 0. The molecule has 1 aliphatic carbocycles. The summed E-state index contributed by atoms with van der Waals surface area (Å²) in [4.78, 5) is 26.9. The molecular weight excluding hydrogens is 391 g/mol. The molecule has 2 atom stereocenters. The summed E-state index contributed by atoms with van der Waals surface area (Å²) in [5.41, 5.74) is 1.42. The van der Waals surface area contributed by atoms with Crippen molar-refractivity contribution < 1.29 is 18.5 Å². The average molecular weight is 415 g/mol. The largest absolute Gasteiger partial charge is 0.357 e. The molecular formula is C22H23FN2O3S. The van der Waals surface area contributed by atoms with Crippen LogP contribution >= 0.6 is 11.8 Å². The van der Waals surface area contributed by atoms with E-state index in [1.807, 2.05) is 11.0 Å². The van der Waals surface area contributed by atoms with Crippen LogP contribution in [-0.2, 0) is 9.59 Å². The number of Topliss-reactive ketones (excluding diaryl/α,β-unsaturated/α-hetero) is 1. The molecule has 0 bridgehead atoms. The first-order valence-electron chi connectivity index (χ1n) is 9.83. The molecule has 7 heteroatoms. The monoisotopic (exact) mass is 414 g/mol. The fourth-order valence-corrected chi connectivity index (χ4v) is 4.80. The number of carbonyl (C=O) groups is 2. The molecule has 0 radical (unpaired) electrons. The quantitative estimate of drug-likeness (QED) is 0.703. The van der Waals surface area contributed by atoms with E-state index in [1.54, 1.807) is 37.4 Å². The minimum atomic E-state index is -0.606. The molecule has 1 aliphatic heterocycles. The highest BCUT2D eigenvalue weighted by atomic mass is 32.2. The Bertz CT molecular complexity index is 924. The number of thioether (sulfide) groups is 1. The van der Waals surface area contributed by atoms with Gasteiger partial charge < -0.3 is 4.52 Å². The lowest BCUT2D eigenvalue weighted by molar-refractivity contribution is -0.126. The van der Waals surface area contributed by atoms with Gasteiger partial charge in [0.1, 0.15) is 5.82 Å². The lowest BCUT2D eigenvalue weighted by Gasteiger charge is -2.38. The summed E-state index contributed by atoms with van der Waals surface area (Å²) in [6.45, 7) is 2.65. The van der Waals surface area contributed by atoms with Crippen molar-refractivity contribution in [1.29, 1.82) is 0 Å². The summed E-state index contributed by atoms with van der Waals surface area (Å²) in [5, 5.41) is 3.79. The molecule has 152 valence electrons. The second-order valence-corrected chi connectivity index (χ2v) is 8.97. The zero-order valence-corrected chi connectivity index (χ0v) is 17.0. The van der Waals surface area contributed by atoms with Crippen molar-refractivity contribution in [1.82, 2.24) is 10.1 Å². The first-order chi connectivity index (χ1) is 14.0. The van der Waals surface area contributed by atoms with Gasteiger partial charge in [-0.05, 0) is 37.0 Å². The fourth-order valence-electron chi connectivity index (χ4n) is 3.88. The number of carbonyl (C=O) groups excluding carboxylic acids is 2. The maximum Gasteiger partial charge on any atom is 0.186 e. The van der Waals surface area contributed by atoms with Crippen molar-refractivity contribution in [2.24, 2.45) is 5.92 Å². The molecule has 1 saturated carbocycles. The molecule has 2 unspecified atom stereocenters. The van der Waals surface area contributed by atoms with E-state index < -0.39 is 6.04 Å². The van der Waals surface area contributed by atoms with Crippen molar-refractivity contribution in [3.05, 3.63) is 59.2 Å². The molecule has 2 aromatic rings. The number of piperidine rings is 1. The molecule has 0 spiro atoms. The Morgan fingerprint density at radius 1 is 1.28 bits per heavy atom. The number of hydrogen-bond acceptors (Lipinski definition) is 6. The number of rotatable bonds is 6. The number of nitrogens with zero attached hydrogens (tertiary/aromatic N) is 2. The van der Waals surface area contributed by atoms with Crippen LogP contribution in [-0.4, -0.2) is 39.3 Å². The summed E-state index contributed by atoms with van der Waals surface area (Å²) in [6, 6.07) is 7.68. The molecule has 29 heavy (non-hydrogen) atoms. The van der Waals surface area contributed by atoms with Crippen LogP contribution in [0.5, 0.6) is 0 Å². The minimum absolute atomic E-state index is 0.00569. The Morgan fingerprint density at radius 2 is 2.07 bits per heavy atom. The standard InChI is InChI=1S/C22H23FN2O3S/c1-14(26)29-20-9-11-25(13-16(20)12-17-8-10-24-28-17)21(22(27)15-6-7-15)18-4-2-3-5-19(18)23/h2-5,8,10,12,15,20-21H,6-7,9,11,13H2,1H3. The van der Waals surface area contributed by atoms with Crippen LogP contribution in [0.25, 0.3) is 6.08 Å². The van der Waals surface area contributed by atoms with Crippen LogP contribution in [0.2, 0.25) is 0 Å². The predicted octanol–water partition coefficient (Wildman–Crippen LogP) is 4.27. The van der Waals surface area contributed by atoms with Gasteiger partial charge in [0, 0.05) is 42.8 Å². The van der Waals surface area contributed by atoms with E-state index in [0.717, 1.165) is 18.4 Å². The Balaban J connectivity index is 1.66. The molecule has 1 aromatic carbocycles. The lowest BCUT2D eigenvalue weighted by Crippen LogP contribution is -2.43.